The van der Waals surface area contributed by atoms with Gasteiger partial charge in [-0.25, -0.2) is 0 Å². The molecule has 0 heterocycles. The van der Waals surface area contributed by atoms with E-state index in [1.54, 1.807) is 16.7 Å². The Labute approximate surface area is 137 Å². The lowest BCUT2D eigenvalue weighted by Crippen LogP contribution is -2.14. The fraction of sp³-hybridized carbons (Fsp3) is 0.636. The zero-order chi connectivity index (χ0) is 15.4. The molecule has 1 unspecified atom stereocenters. The van der Waals surface area contributed by atoms with Gasteiger partial charge in [-0.3, -0.25) is 0 Å². The van der Waals surface area contributed by atoms with E-state index in [0.717, 1.165) is 17.8 Å². The summed E-state index contributed by atoms with van der Waals surface area (Å²) in [7, 11) is 0. The molecule has 1 atom stereocenters. The van der Waals surface area contributed by atoms with E-state index in [1.807, 2.05) is 0 Å². The van der Waals surface area contributed by atoms with Crippen LogP contribution in [0.2, 0.25) is 0 Å². The molecule has 120 valence electrons. The summed E-state index contributed by atoms with van der Waals surface area (Å²) in [6.07, 6.45) is 14.8. The fourth-order valence-corrected chi connectivity index (χ4v) is 4.22. The average molecular weight is 296 g/mol. The molecule has 22 heavy (non-hydrogen) atoms. The molecular formula is C22H32. The molecule has 0 heteroatoms. The quantitative estimate of drug-likeness (QED) is 0.568. The van der Waals surface area contributed by atoms with Crippen LogP contribution in [0.15, 0.2) is 35.9 Å². The number of hydrogen-bond acceptors (Lipinski definition) is 0. The van der Waals surface area contributed by atoms with Crippen LogP contribution < -0.4 is 0 Å². The van der Waals surface area contributed by atoms with E-state index in [9.17, 15) is 0 Å². The first-order valence-corrected chi connectivity index (χ1v) is 9.42. The Morgan fingerprint density at radius 2 is 1.41 bits per heavy atom. The van der Waals surface area contributed by atoms with Gasteiger partial charge in [0.25, 0.3) is 0 Å². The van der Waals surface area contributed by atoms with Gasteiger partial charge in [-0.05, 0) is 80.8 Å². The summed E-state index contributed by atoms with van der Waals surface area (Å²) in [5, 5.41) is 0. The topological polar surface area (TPSA) is 0 Å². The van der Waals surface area contributed by atoms with Gasteiger partial charge in [0.05, 0.1) is 0 Å². The van der Waals surface area contributed by atoms with Gasteiger partial charge in [-0.1, -0.05) is 55.7 Å². The fourth-order valence-electron chi connectivity index (χ4n) is 4.22. The van der Waals surface area contributed by atoms with Crippen molar-refractivity contribution in [2.75, 3.05) is 0 Å². The van der Waals surface area contributed by atoms with Crippen LogP contribution in [0, 0.1) is 17.8 Å². The molecule has 1 fully saturated rings. The van der Waals surface area contributed by atoms with Gasteiger partial charge in [0, 0.05) is 0 Å². The van der Waals surface area contributed by atoms with E-state index in [0.29, 0.717) is 0 Å². The highest BCUT2D eigenvalue weighted by Crippen LogP contribution is 2.31. The number of hydrogen-bond donors (Lipinski definition) is 0. The minimum absolute atomic E-state index is 0.870. The molecule has 0 spiro atoms. The van der Waals surface area contributed by atoms with Gasteiger partial charge in [0.1, 0.15) is 0 Å². The highest BCUT2D eigenvalue weighted by Gasteiger charge is 2.18. The van der Waals surface area contributed by atoms with E-state index in [1.165, 1.54) is 57.8 Å². The molecule has 0 saturated heterocycles. The van der Waals surface area contributed by atoms with E-state index < -0.39 is 0 Å². The standard InChI is InChI=1S/C22H32/c1-17-3-7-19(8-4-17)15-21-11-13-22(14-12-21)16-20-9-5-18(2)6-10-20/h3,11-14,18-20H,4-10,15-16H2,1-2H3. The van der Waals surface area contributed by atoms with Crippen LogP contribution in [0.5, 0.6) is 0 Å². The molecular weight excluding hydrogens is 264 g/mol. The largest absolute Gasteiger partial charge is 0.0853 e. The Bertz CT molecular complexity index is 485. The summed E-state index contributed by atoms with van der Waals surface area (Å²) in [5.41, 5.74) is 4.69. The average Bonchev–Trinajstić information content (AvgIpc) is 2.54. The van der Waals surface area contributed by atoms with Crippen LogP contribution in [0.4, 0.5) is 0 Å². The van der Waals surface area contributed by atoms with Gasteiger partial charge in [0.2, 0.25) is 0 Å². The molecule has 0 aromatic heterocycles. The summed E-state index contributed by atoms with van der Waals surface area (Å²) < 4.78 is 0. The Balaban J connectivity index is 1.50. The molecule has 3 rings (SSSR count). The smallest absolute Gasteiger partial charge is 0.0247 e. The predicted octanol–water partition coefficient (Wildman–Crippen LogP) is 6.34. The molecule has 1 aromatic carbocycles. The summed E-state index contributed by atoms with van der Waals surface area (Å²) in [5.74, 6) is 2.77. The van der Waals surface area contributed by atoms with Crippen molar-refractivity contribution in [1.29, 1.82) is 0 Å². The molecule has 0 amide bonds. The third kappa shape index (κ3) is 4.48. The third-order valence-electron chi connectivity index (χ3n) is 5.95. The Kier molecular flexibility index (Phi) is 5.39. The molecule has 2 aliphatic carbocycles. The lowest BCUT2D eigenvalue weighted by atomic mass is 9.80. The second-order valence-corrected chi connectivity index (χ2v) is 8.04. The third-order valence-corrected chi connectivity index (χ3v) is 5.95. The highest BCUT2D eigenvalue weighted by molar-refractivity contribution is 5.24. The van der Waals surface area contributed by atoms with E-state index in [-0.39, 0.29) is 0 Å². The van der Waals surface area contributed by atoms with E-state index in [4.69, 9.17) is 0 Å². The summed E-state index contributed by atoms with van der Waals surface area (Å²) >= 11 is 0. The molecule has 0 aliphatic heterocycles. The highest BCUT2D eigenvalue weighted by atomic mass is 14.2. The Hall–Kier alpha value is -1.04. The minimum atomic E-state index is 0.870. The maximum atomic E-state index is 2.45. The van der Waals surface area contributed by atoms with Gasteiger partial charge in [0.15, 0.2) is 0 Å². The van der Waals surface area contributed by atoms with Gasteiger partial charge in [-0.15, -0.1) is 0 Å². The SMILES string of the molecule is CC1=CCC(Cc2ccc(CC3CCC(C)CC3)cc2)CC1. The normalized spacial score (nSPS) is 29.2. The van der Waals surface area contributed by atoms with Gasteiger partial charge >= 0.3 is 0 Å². The van der Waals surface area contributed by atoms with Crippen LogP contribution in [-0.2, 0) is 12.8 Å². The maximum absolute atomic E-state index is 2.45. The molecule has 0 radical (unpaired) electrons. The molecule has 1 aromatic rings. The van der Waals surface area contributed by atoms with Crippen LogP contribution in [0.25, 0.3) is 0 Å². The minimum Gasteiger partial charge on any atom is -0.0853 e. The summed E-state index contributed by atoms with van der Waals surface area (Å²) in [6.45, 7) is 4.68. The van der Waals surface area contributed by atoms with Crippen molar-refractivity contribution in [2.45, 2.75) is 71.6 Å². The first-order valence-electron chi connectivity index (χ1n) is 9.42. The number of benzene rings is 1. The Morgan fingerprint density at radius 3 is 1.95 bits per heavy atom. The van der Waals surface area contributed by atoms with Crippen LogP contribution >= 0.6 is 0 Å². The van der Waals surface area contributed by atoms with Crippen molar-refractivity contribution >= 4 is 0 Å². The summed E-state index contributed by atoms with van der Waals surface area (Å²) in [6, 6.07) is 9.59. The second-order valence-electron chi connectivity index (χ2n) is 8.04. The van der Waals surface area contributed by atoms with Gasteiger partial charge in [-0.2, -0.15) is 0 Å². The van der Waals surface area contributed by atoms with Crippen LogP contribution in [-0.4, -0.2) is 0 Å². The van der Waals surface area contributed by atoms with E-state index in [2.05, 4.69) is 44.2 Å². The van der Waals surface area contributed by atoms with Crippen molar-refractivity contribution in [3.63, 3.8) is 0 Å². The van der Waals surface area contributed by atoms with Crippen molar-refractivity contribution in [2.24, 2.45) is 17.8 Å². The molecule has 1 saturated carbocycles. The maximum Gasteiger partial charge on any atom is -0.0247 e. The van der Waals surface area contributed by atoms with Crippen molar-refractivity contribution < 1.29 is 0 Å². The van der Waals surface area contributed by atoms with E-state index >= 15 is 0 Å². The predicted molar refractivity (Wildman–Crippen MR) is 96.1 cm³/mol. The molecule has 0 N–H and O–H groups in total. The van der Waals surface area contributed by atoms with Crippen LogP contribution in [0.1, 0.15) is 69.9 Å². The van der Waals surface area contributed by atoms with Crippen molar-refractivity contribution in [1.82, 2.24) is 0 Å². The molecule has 2 aliphatic rings. The van der Waals surface area contributed by atoms with Crippen molar-refractivity contribution in [3.8, 4) is 0 Å². The molecule has 0 bridgehead atoms. The second kappa shape index (κ2) is 7.49. The number of rotatable bonds is 4. The zero-order valence-electron chi connectivity index (χ0n) is 14.5. The Morgan fingerprint density at radius 1 is 0.818 bits per heavy atom. The molecule has 0 nitrogen and oxygen atoms in total. The summed E-state index contributed by atoms with van der Waals surface area (Å²) in [4.78, 5) is 0. The zero-order valence-corrected chi connectivity index (χ0v) is 14.5. The first kappa shape index (κ1) is 15.8. The lowest BCUT2D eigenvalue weighted by molar-refractivity contribution is 0.289. The van der Waals surface area contributed by atoms with Crippen molar-refractivity contribution in [3.05, 3.63) is 47.0 Å². The number of allylic oxidation sites excluding steroid dienone is 2. The van der Waals surface area contributed by atoms with Crippen LogP contribution in [0.3, 0.4) is 0 Å². The monoisotopic (exact) mass is 296 g/mol. The first-order chi connectivity index (χ1) is 10.7. The van der Waals surface area contributed by atoms with Gasteiger partial charge < -0.3 is 0 Å². The lowest BCUT2D eigenvalue weighted by Gasteiger charge is -2.26.